The normalized spacial score (nSPS) is 14.6. The number of carbonyl (C=O) groups excluding carboxylic acids is 1. The molecule has 3 rings (SSSR count). The van der Waals surface area contributed by atoms with Gasteiger partial charge < -0.3 is 4.57 Å². The first-order valence-corrected chi connectivity index (χ1v) is 7.38. The molecule has 0 amide bonds. The first kappa shape index (κ1) is 12.7. The predicted molar refractivity (Wildman–Crippen MR) is 80.2 cm³/mol. The number of hydrogen-bond donors (Lipinski definition) is 0. The Bertz CT molecular complexity index is 670. The summed E-state index contributed by atoms with van der Waals surface area (Å²) in [5.74, 6) is 0.284. The Balaban J connectivity index is 2.23. The molecule has 98 valence electrons. The van der Waals surface area contributed by atoms with Gasteiger partial charge in [0.2, 0.25) is 0 Å². The Morgan fingerprint density at radius 1 is 1.16 bits per heavy atom. The smallest absolute Gasteiger partial charge is 0.164 e. The fourth-order valence-electron chi connectivity index (χ4n) is 2.86. The molecule has 1 aliphatic carbocycles. The van der Waals surface area contributed by atoms with E-state index in [1.165, 1.54) is 11.3 Å². The highest BCUT2D eigenvalue weighted by Crippen LogP contribution is 2.31. The molecular weight excluding hydrogens is 302 g/mol. The number of rotatable bonds is 1. The number of carbonyl (C=O) groups is 1. The van der Waals surface area contributed by atoms with Gasteiger partial charge in [0, 0.05) is 27.8 Å². The van der Waals surface area contributed by atoms with Gasteiger partial charge in [-0.25, -0.2) is 0 Å². The third-order valence-electron chi connectivity index (χ3n) is 3.75. The maximum atomic E-state index is 12.0. The van der Waals surface area contributed by atoms with Gasteiger partial charge in [-0.1, -0.05) is 6.07 Å². The van der Waals surface area contributed by atoms with Crippen LogP contribution in [-0.2, 0) is 6.42 Å². The molecule has 1 aliphatic rings. The highest BCUT2D eigenvalue weighted by atomic mass is 79.9. The molecule has 1 aromatic carbocycles. The lowest BCUT2D eigenvalue weighted by Crippen LogP contribution is -2.13. The largest absolute Gasteiger partial charge is 0.316 e. The second-order valence-corrected chi connectivity index (χ2v) is 6.07. The molecule has 1 aromatic heterocycles. The Labute approximate surface area is 121 Å². The summed E-state index contributed by atoms with van der Waals surface area (Å²) in [4.78, 5) is 12.0. The average molecular weight is 318 g/mol. The number of aromatic nitrogens is 1. The second kappa shape index (κ2) is 4.64. The lowest BCUT2D eigenvalue weighted by Gasteiger charge is -2.17. The van der Waals surface area contributed by atoms with E-state index in [0.29, 0.717) is 6.42 Å². The number of hydrogen-bond acceptors (Lipinski definition) is 1. The zero-order valence-corrected chi connectivity index (χ0v) is 12.8. The van der Waals surface area contributed by atoms with Gasteiger partial charge in [0.15, 0.2) is 5.78 Å². The summed E-state index contributed by atoms with van der Waals surface area (Å²) in [5, 5.41) is 0. The van der Waals surface area contributed by atoms with Crippen molar-refractivity contribution in [3.05, 3.63) is 51.3 Å². The summed E-state index contributed by atoms with van der Waals surface area (Å²) in [6.45, 7) is 4.15. The van der Waals surface area contributed by atoms with E-state index in [4.69, 9.17) is 0 Å². The SMILES string of the molecule is Cc1ccc(-n2c(C)cc3c2CCCC3=O)c(Br)c1. The van der Waals surface area contributed by atoms with Crippen LogP contribution < -0.4 is 0 Å². The van der Waals surface area contributed by atoms with Crippen molar-refractivity contribution in [3.63, 3.8) is 0 Å². The molecule has 0 radical (unpaired) electrons. The van der Waals surface area contributed by atoms with Crippen LogP contribution in [0.15, 0.2) is 28.7 Å². The Morgan fingerprint density at radius 2 is 1.95 bits per heavy atom. The number of benzene rings is 1. The van der Waals surface area contributed by atoms with Crippen LogP contribution in [0.5, 0.6) is 0 Å². The van der Waals surface area contributed by atoms with Crippen LogP contribution in [0, 0.1) is 13.8 Å². The lowest BCUT2D eigenvalue weighted by molar-refractivity contribution is 0.0972. The molecular formula is C16H16BrNO. The Kier molecular flexibility index (Phi) is 3.09. The van der Waals surface area contributed by atoms with Crippen molar-refractivity contribution in [1.82, 2.24) is 4.57 Å². The van der Waals surface area contributed by atoms with Crippen molar-refractivity contribution in [1.29, 1.82) is 0 Å². The van der Waals surface area contributed by atoms with E-state index in [1.54, 1.807) is 0 Å². The van der Waals surface area contributed by atoms with E-state index >= 15 is 0 Å². The van der Waals surface area contributed by atoms with E-state index in [1.807, 2.05) is 6.07 Å². The highest BCUT2D eigenvalue weighted by molar-refractivity contribution is 9.10. The van der Waals surface area contributed by atoms with E-state index < -0.39 is 0 Å². The van der Waals surface area contributed by atoms with Crippen molar-refractivity contribution in [2.75, 3.05) is 0 Å². The summed E-state index contributed by atoms with van der Waals surface area (Å²) in [7, 11) is 0. The number of halogens is 1. The molecule has 1 heterocycles. The maximum Gasteiger partial charge on any atom is 0.164 e. The molecule has 0 N–H and O–H groups in total. The van der Waals surface area contributed by atoms with Crippen LogP contribution in [-0.4, -0.2) is 10.4 Å². The lowest BCUT2D eigenvalue weighted by atomic mass is 9.96. The third-order valence-corrected chi connectivity index (χ3v) is 4.38. The van der Waals surface area contributed by atoms with Gasteiger partial charge >= 0.3 is 0 Å². The van der Waals surface area contributed by atoms with Gasteiger partial charge in [0.25, 0.3) is 0 Å². The van der Waals surface area contributed by atoms with E-state index in [-0.39, 0.29) is 5.78 Å². The molecule has 0 bridgehead atoms. The zero-order valence-electron chi connectivity index (χ0n) is 11.2. The number of Topliss-reactive ketones (excluding diaryl/α,β-unsaturated/α-hetero) is 1. The standard InChI is InChI=1S/C16H16BrNO/c1-10-6-7-15(13(17)8-10)18-11(2)9-12-14(18)4-3-5-16(12)19/h6-9H,3-5H2,1-2H3. The van der Waals surface area contributed by atoms with Crippen LogP contribution in [0.1, 0.15) is 40.2 Å². The second-order valence-electron chi connectivity index (χ2n) is 5.21. The molecule has 0 atom stereocenters. The number of aryl methyl sites for hydroxylation is 2. The van der Waals surface area contributed by atoms with Crippen molar-refractivity contribution < 1.29 is 4.79 Å². The van der Waals surface area contributed by atoms with Crippen LogP contribution in [0.4, 0.5) is 0 Å². The van der Waals surface area contributed by atoms with Crippen molar-refractivity contribution in [2.45, 2.75) is 33.1 Å². The molecule has 0 unspecified atom stereocenters. The monoisotopic (exact) mass is 317 g/mol. The molecule has 2 nitrogen and oxygen atoms in total. The van der Waals surface area contributed by atoms with Crippen molar-refractivity contribution in [2.24, 2.45) is 0 Å². The van der Waals surface area contributed by atoms with Crippen LogP contribution >= 0.6 is 15.9 Å². The fraction of sp³-hybridized carbons (Fsp3) is 0.312. The van der Waals surface area contributed by atoms with Crippen molar-refractivity contribution in [3.8, 4) is 5.69 Å². The summed E-state index contributed by atoms with van der Waals surface area (Å²) in [6, 6.07) is 8.37. The minimum Gasteiger partial charge on any atom is -0.316 e. The average Bonchev–Trinajstić information content (AvgIpc) is 2.68. The predicted octanol–water partition coefficient (Wildman–Crippen LogP) is 4.38. The van der Waals surface area contributed by atoms with E-state index in [0.717, 1.165) is 34.3 Å². The Hall–Kier alpha value is -1.35. The Morgan fingerprint density at radius 3 is 2.68 bits per heavy atom. The maximum absolute atomic E-state index is 12.0. The van der Waals surface area contributed by atoms with Crippen LogP contribution in [0.25, 0.3) is 5.69 Å². The van der Waals surface area contributed by atoms with Gasteiger partial charge in [-0.15, -0.1) is 0 Å². The third kappa shape index (κ3) is 2.06. The van der Waals surface area contributed by atoms with Crippen LogP contribution in [0.2, 0.25) is 0 Å². The van der Waals surface area contributed by atoms with Gasteiger partial charge in [0.1, 0.15) is 0 Å². The molecule has 0 aliphatic heterocycles. The molecule has 0 saturated carbocycles. The molecule has 19 heavy (non-hydrogen) atoms. The zero-order chi connectivity index (χ0) is 13.6. The minimum absolute atomic E-state index is 0.284. The highest BCUT2D eigenvalue weighted by Gasteiger charge is 2.23. The first-order chi connectivity index (χ1) is 9.08. The quantitative estimate of drug-likeness (QED) is 0.765. The van der Waals surface area contributed by atoms with E-state index in [9.17, 15) is 4.79 Å². The molecule has 3 heteroatoms. The van der Waals surface area contributed by atoms with Crippen molar-refractivity contribution >= 4 is 21.7 Å². The number of nitrogens with zero attached hydrogens (tertiary/aromatic N) is 1. The van der Waals surface area contributed by atoms with Gasteiger partial charge in [-0.05, 0) is 66.4 Å². The molecule has 0 saturated heterocycles. The van der Waals surface area contributed by atoms with Gasteiger partial charge in [-0.2, -0.15) is 0 Å². The molecule has 2 aromatic rings. The summed E-state index contributed by atoms with van der Waals surface area (Å²) in [6.07, 6.45) is 2.62. The minimum atomic E-state index is 0.284. The van der Waals surface area contributed by atoms with Crippen LogP contribution in [0.3, 0.4) is 0 Å². The van der Waals surface area contributed by atoms with Gasteiger partial charge in [0.05, 0.1) is 5.69 Å². The number of ketones is 1. The fourth-order valence-corrected chi connectivity index (χ4v) is 3.53. The summed E-state index contributed by atoms with van der Waals surface area (Å²) < 4.78 is 3.29. The summed E-state index contributed by atoms with van der Waals surface area (Å²) >= 11 is 3.64. The first-order valence-electron chi connectivity index (χ1n) is 6.59. The topological polar surface area (TPSA) is 22.0 Å². The van der Waals surface area contributed by atoms with Gasteiger partial charge in [-0.3, -0.25) is 4.79 Å². The van der Waals surface area contributed by atoms with E-state index in [2.05, 4.69) is 52.5 Å². The molecule has 0 spiro atoms. The number of fused-ring (bicyclic) bond motifs is 1. The molecule has 0 fully saturated rings. The summed E-state index contributed by atoms with van der Waals surface area (Å²) in [5.41, 5.74) is 5.56.